The highest BCUT2D eigenvalue weighted by molar-refractivity contribution is 6.31. The summed E-state index contributed by atoms with van der Waals surface area (Å²) in [4.78, 5) is 15.4. The fourth-order valence-corrected chi connectivity index (χ4v) is 2.03. The fraction of sp³-hybridized carbons (Fsp3) is 0.143. The van der Waals surface area contributed by atoms with E-state index in [-0.39, 0.29) is 11.6 Å². The summed E-state index contributed by atoms with van der Waals surface area (Å²) < 4.78 is 13.4. The maximum absolute atomic E-state index is 13.4. The molecule has 5 heteroatoms. The van der Waals surface area contributed by atoms with Gasteiger partial charge in [-0.3, -0.25) is 4.79 Å². The van der Waals surface area contributed by atoms with Crippen LogP contribution >= 0.6 is 11.6 Å². The molecule has 3 nitrogen and oxygen atoms in total. The van der Waals surface area contributed by atoms with Crippen molar-refractivity contribution in [3.05, 3.63) is 64.7 Å². The Hall–Kier alpha value is -1.94. The Kier molecular flexibility index (Phi) is 4.12. The highest BCUT2D eigenvalue weighted by atomic mass is 35.5. The second-order valence-electron chi connectivity index (χ2n) is 4.06. The van der Waals surface area contributed by atoms with Crippen molar-refractivity contribution in [1.82, 2.24) is 10.3 Å². The number of rotatable bonds is 3. The van der Waals surface area contributed by atoms with Crippen LogP contribution in [0.1, 0.15) is 28.9 Å². The van der Waals surface area contributed by atoms with Gasteiger partial charge in [0.1, 0.15) is 0 Å². The molecule has 0 bridgehead atoms. The standard InChI is InChI=1S/C14H12ClFN2O/c1-9(10-5-2-3-7-12(10)15)18-14(19)11-6-4-8-17-13(11)16/h2-9H,1H3,(H,18,19). The summed E-state index contributed by atoms with van der Waals surface area (Å²) in [5, 5.41) is 3.25. The lowest BCUT2D eigenvalue weighted by Crippen LogP contribution is -2.27. The van der Waals surface area contributed by atoms with Crippen LogP contribution in [0.3, 0.4) is 0 Å². The number of benzene rings is 1. The van der Waals surface area contributed by atoms with E-state index in [1.807, 2.05) is 12.1 Å². The van der Waals surface area contributed by atoms with Gasteiger partial charge in [-0.2, -0.15) is 4.39 Å². The third-order valence-electron chi connectivity index (χ3n) is 2.72. The van der Waals surface area contributed by atoms with Crippen LogP contribution in [0.5, 0.6) is 0 Å². The van der Waals surface area contributed by atoms with Crippen LogP contribution in [0.25, 0.3) is 0 Å². The molecule has 0 aliphatic rings. The molecule has 0 aliphatic carbocycles. The smallest absolute Gasteiger partial charge is 0.256 e. The molecule has 0 radical (unpaired) electrons. The molecule has 2 rings (SSSR count). The van der Waals surface area contributed by atoms with Gasteiger partial charge in [0.25, 0.3) is 5.91 Å². The predicted molar refractivity (Wildman–Crippen MR) is 71.5 cm³/mol. The molecule has 0 spiro atoms. The number of hydrogen-bond donors (Lipinski definition) is 1. The number of nitrogens with zero attached hydrogens (tertiary/aromatic N) is 1. The van der Waals surface area contributed by atoms with Crippen molar-refractivity contribution in [3.8, 4) is 0 Å². The number of carbonyl (C=O) groups excluding carboxylic acids is 1. The normalized spacial score (nSPS) is 11.9. The second-order valence-corrected chi connectivity index (χ2v) is 4.47. The molecular formula is C14H12ClFN2O. The molecule has 0 saturated carbocycles. The van der Waals surface area contributed by atoms with E-state index in [4.69, 9.17) is 11.6 Å². The van der Waals surface area contributed by atoms with Gasteiger partial charge in [-0.05, 0) is 30.7 Å². The molecule has 1 heterocycles. The maximum Gasteiger partial charge on any atom is 0.256 e. The number of amides is 1. The molecule has 0 fully saturated rings. The van der Waals surface area contributed by atoms with Crippen LogP contribution in [0.4, 0.5) is 4.39 Å². The van der Waals surface area contributed by atoms with Crippen LogP contribution < -0.4 is 5.32 Å². The van der Waals surface area contributed by atoms with Crippen LogP contribution in [-0.4, -0.2) is 10.9 Å². The van der Waals surface area contributed by atoms with Gasteiger partial charge in [-0.25, -0.2) is 4.98 Å². The third-order valence-corrected chi connectivity index (χ3v) is 3.07. The topological polar surface area (TPSA) is 42.0 Å². The van der Waals surface area contributed by atoms with Crippen molar-refractivity contribution < 1.29 is 9.18 Å². The van der Waals surface area contributed by atoms with Gasteiger partial charge in [0, 0.05) is 11.2 Å². The van der Waals surface area contributed by atoms with Crippen molar-refractivity contribution >= 4 is 17.5 Å². The SMILES string of the molecule is CC(NC(=O)c1cccnc1F)c1ccccc1Cl. The first-order valence-electron chi connectivity index (χ1n) is 5.75. The summed E-state index contributed by atoms with van der Waals surface area (Å²) in [7, 11) is 0. The summed E-state index contributed by atoms with van der Waals surface area (Å²) in [6.07, 6.45) is 1.30. The molecule has 0 aliphatic heterocycles. The molecule has 1 amide bonds. The summed E-state index contributed by atoms with van der Waals surface area (Å²) >= 11 is 6.04. The summed E-state index contributed by atoms with van der Waals surface area (Å²) in [6, 6.07) is 9.77. The Morgan fingerprint density at radius 1 is 1.32 bits per heavy atom. The average molecular weight is 279 g/mol. The van der Waals surface area contributed by atoms with Crippen molar-refractivity contribution in [2.45, 2.75) is 13.0 Å². The van der Waals surface area contributed by atoms with Gasteiger partial charge in [-0.1, -0.05) is 29.8 Å². The number of halogens is 2. The largest absolute Gasteiger partial charge is 0.345 e. The Bertz CT molecular complexity index is 604. The Labute approximate surface area is 115 Å². The minimum Gasteiger partial charge on any atom is -0.345 e. The molecule has 98 valence electrons. The summed E-state index contributed by atoms with van der Waals surface area (Å²) in [5.74, 6) is -1.30. The Morgan fingerprint density at radius 2 is 2.05 bits per heavy atom. The van der Waals surface area contributed by atoms with Crippen LogP contribution in [0, 0.1) is 5.95 Å². The average Bonchev–Trinajstić information content (AvgIpc) is 2.39. The van der Waals surface area contributed by atoms with Gasteiger partial charge >= 0.3 is 0 Å². The number of carbonyl (C=O) groups is 1. The number of hydrogen-bond acceptors (Lipinski definition) is 2. The quantitative estimate of drug-likeness (QED) is 0.875. The van der Waals surface area contributed by atoms with E-state index in [0.717, 1.165) is 5.56 Å². The van der Waals surface area contributed by atoms with Crippen molar-refractivity contribution in [3.63, 3.8) is 0 Å². The summed E-state index contributed by atoms with van der Waals surface area (Å²) in [6.45, 7) is 1.79. The monoisotopic (exact) mass is 278 g/mol. The molecule has 1 N–H and O–H groups in total. The second kappa shape index (κ2) is 5.80. The number of pyridine rings is 1. The van der Waals surface area contributed by atoms with E-state index in [0.29, 0.717) is 5.02 Å². The molecule has 1 unspecified atom stereocenters. The van der Waals surface area contributed by atoms with E-state index < -0.39 is 11.9 Å². The van der Waals surface area contributed by atoms with Crippen molar-refractivity contribution in [1.29, 1.82) is 0 Å². The van der Waals surface area contributed by atoms with Gasteiger partial charge < -0.3 is 5.32 Å². The van der Waals surface area contributed by atoms with Crippen LogP contribution in [0.2, 0.25) is 5.02 Å². The first-order chi connectivity index (χ1) is 9.09. The van der Waals surface area contributed by atoms with Crippen molar-refractivity contribution in [2.75, 3.05) is 0 Å². The minimum absolute atomic E-state index is 0.0820. The maximum atomic E-state index is 13.4. The van der Waals surface area contributed by atoms with Gasteiger partial charge in [-0.15, -0.1) is 0 Å². The van der Waals surface area contributed by atoms with Gasteiger partial charge in [0.2, 0.25) is 5.95 Å². The van der Waals surface area contributed by atoms with E-state index in [9.17, 15) is 9.18 Å². The molecule has 1 aromatic carbocycles. The molecule has 1 aromatic heterocycles. The number of nitrogens with one attached hydrogen (secondary N) is 1. The Balaban J connectivity index is 2.16. The lowest BCUT2D eigenvalue weighted by molar-refractivity contribution is 0.0935. The first-order valence-corrected chi connectivity index (χ1v) is 6.13. The highest BCUT2D eigenvalue weighted by Crippen LogP contribution is 2.22. The zero-order chi connectivity index (χ0) is 13.8. The summed E-state index contributed by atoms with van der Waals surface area (Å²) in [5.41, 5.74) is 0.697. The lowest BCUT2D eigenvalue weighted by Gasteiger charge is -2.15. The molecule has 1 atom stereocenters. The van der Waals surface area contributed by atoms with Crippen molar-refractivity contribution in [2.24, 2.45) is 0 Å². The zero-order valence-electron chi connectivity index (χ0n) is 10.2. The molecule has 19 heavy (non-hydrogen) atoms. The van der Waals surface area contributed by atoms with E-state index in [1.54, 1.807) is 19.1 Å². The predicted octanol–water partition coefficient (Wildman–Crippen LogP) is 3.37. The highest BCUT2D eigenvalue weighted by Gasteiger charge is 2.16. The fourth-order valence-electron chi connectivity index (χ4n) is 1.73. The van der Waals surface area contributed by atoms with E-state index >= 15 is 0 Å². The number of aromatic nitrogens is 1. The van der Waals surface area contributed by atoms with E-state index in [2.05, 4.69) is 10.3 Å². The third kappa shape index (κ3) is 3.09. The molecular weight excluding hydrogens is 267 g/mol. The lowest BCUT2D eigenvalue weighted by atomic mass is 10.1. The van der Waals surface area contributed by atoms with Gasteiger partial charge in [0.15, 0.2) is 0 Å². The van der Waals surface area contributed by atoms with Crippen LogP contribution in [0.15, 0.2) is 42.6 Å². The van der Waals surface area contributed by atoms with Crippen LogP contribution in [-0.2, 0) is 0 Å². The Morgan fingerprint density at radius 3 is 2.74 bits per heavy atom. The van der Waals surface area contributed by atoms with E-state index in [1.165, 1.54) is 18.3 Å². The molecule has 2 aromatic rings. The molecule has 0 saturated heterocycles. The zero-order valence-corrected chi connectivity index (χ0v) is 11.0. The minimum atomic E-state index is -0.786. The van der Waals surface area contributed by atoms with Gasteiger partial charge in [0.05, 0.1) is 11.6 Å². The first kappa shape index (κ1) is 13.5.